The average Bonchev–Trinajstić information content (AvgIpc) is 3.73. The van der Waals surface area contributed by atoms with Crippen LogP contribution in [-0.2, 0) is 47.2 Å². The number of fused-ring (bicyclic) bond motifs is 1. The molecule has 1 aliphatic heterocycles. The van der Waals surface area contributed by atoms with Gasteiger partial charge in [0.05, 0.1) is 11.4 Å². The summed E-state index contributed by atoms with van der Waals surface area (Å²) in [4.78, 5) is 28.3. The van der Waals surface area contributed by atoms with Crippen molar-refractivity contribution >= 4 is 57.7 Å². The summed E-state index contributed by atoms with van der Waals surface area (Å²) in [6, 6.07) is 3.85. The monoisotopic (exact) mass is 762 g/mol. The third-order valence-electron chi connectivity index (χ3n) is 8.11. The van der Waals surface area contributed by atoms with Gasteiger partial charge in [-0.15, -0.1) is 0 Å². The Bertz CT molecular complexity index is 1690. The van der Waals surface area contributed by atoms with Gasteiger partial charge in [0, 0.05) is 30.5 Å². The van der Waals surface area contributed by atoms with Gasteiger partial charge in [-0.3, -0.25) is 23.2 Å². The van der Waals surface area contributed by atoms with E-state index in [-0.39, 0.29) is 47.1 Å². The van der Waals surface area contributed by atoms with E-state index in [9.17, 15) is 38.0 Å². The van der Waals surface area contributed by atoms with Crippen LogP contribution in [0, 0.1) is 23.2 Å². The number of rotatable bonds is 17. The number of carbonyl (C=O) groups is 2. The molecule has 4 atom stereocenters. The number of aliphatic hydroxyl groups excluding tert-OH is 2. The Balaban J connectivity index is 1.50. The molecule has 0 bridgehead atoms. The minimum absolute atomic E-state index is 0.0241. The molecule has 2 aromatic heterocycles. The summed E-state index contributed by atoms with van der Waals surface area (Å²) in [6.45, 7) is 5.30. The molecule has 2 fully saturated rings. The predicted molar refractivity (Wildman–Crippen MR) is 181 cm³/mol. The molecule has 0 amide bonds. The maximum atomic E-state index is 13.6. The van der Waals surface area contributed by atoms with Crippen molar-refractivity contribution in [3.63, 3.8) is 0 Å². The van der Waals surface area contributed by atoms with Crippen LogP contribution in [0.1, 0.15) is 78.0 Å². The topological polar surface area (TPSA) is 226 Å². The van der Waals surface area contributed by atoms with Crippen molar-refractivity contribution in [1.82, 2.24) is 9.55 Å². The third-order valence-corrected chi connectivity index (χ3v) is 13.1. The Morgan fingerprint density at radius 2 is 1.68 bits per heavy atom. The molecule has 2 aliphatic rings. The maximum absolute atomic E-state index is 13.6. The molecule has 4 rings (SSSR count). The first-order valence-corrected chi connectivity index (χ1v) is 20.2. The summed E-state index contributed by atoms with van der Waals surface area (Å²) < 4.78 is 67.6. The summed E-state index contributed by atoms with van der Waals surface area (Å²) in [6.07, 6.45) is -0.709. The molecule has 0 unspecified atom stereocenters. The fourth-order valence-corrected chi connectivity index (χ4v) is 10.2. The lowest BCUT2D eigenvalue weighted by Crippen LogP contribution is -2.36. The number of aromatic nitrogens is 2. The quantitative estimate of drug-likeness (QED) is 0.0887. The minimum Gasteiger partial charge on any atom is -0.438 e. The molecule has 3 heterocycles. The normalized spacial score (nSPS) is 21.6. The van der Waals surface area contributed by atoms with Crippen LogP contribution in [0.2, 0.25) is 5.15 Å². The number of ether oxygens (including phenoxy) is 3. The Labute approximate surface area is 295 Å². The highest BCUT2D eigenvalue weighted by Crippen LogP contribution is 2.50. The number of hydrogen-bond acceptors (Lipinski definition) is 15. The number of nitrogens with zero attached hydrogens (tertiary/aromatic N) is 3. The molecule has 1 aliphatic carbocycles. The van der Waals surface area contributed by atoms with Crippen molar-refractivity contribution < 1.29 is 56.0 Å². The molecular formula is C31H44ClN4O12PS. The lowest BCUT2D eigenvalue weighted by atomic mass is 10.1. The highest BCUT2D eigenvalue weighted by Gasteiger charge is 2.47. The van der Waals surface area contributed by atoms with E-state index >= 15 is 0 Å². The van der Waals surface area contributed by atoms with E-state index in [0.717, 1.165) is 25.7 Å². The van der Waals surface area contributed by atoms with Gasteiger partial charge in [0.25, 0.3) is 0 Å². The first-order chi connectivity index (χ1) is 23.5. The fraction of sp³-hybridized carbons (Fsp3) is 0.677. The number of sulfone groups is 1. The van der Waals surface area contributed by atoms with Crippen LogP contribution in [-0.4, -0.2) is 89.3 Å². The predicted octanol–water partition coefficient (Wildman–Crippen LogP) is 4.23. The maximum Gasteiger partial charge on any atom is 0.351 e. The Morgan fingerprint density at radius 3 is 2.22 bits per heavy atom. The van der Waals surface area contributed by atoms with Crippen molar-refractivity contribution in [3.8, 4) is 6.07 Å². The zero-order chi connectivity index (χ0) is 36.8. The number of aliphatic hydroxyl groups is 2. The van der Waals surface area contributed by atoms with Gasteiger partial charge in [0.1, 0.15) is 35.6 Å². The van der Waals surface area contributed by atoms with E-state index in [1.807, 2.05) is 0 Å². The second-order valence-corrected chi connectivity index (χ2v) is 18.2. The van der Waals surface area contributed by atoms with Crippen LogP contribution in [0.15, 0.2) is 12.3 Å². The molecule has 2 aromatic rings. The summed E-state index contributed by atoms with van der Waals surface area (Å²) in [5, 5.41) is 35.5. The zero-order valence-electron chi connectivity index (χ0n) is 28.3. The standard InChI is InChI=1S/C31H44ClN4O12PS/c1-18(2)11-24(37)44-15-46-49(41,47-16-45-25(38)12-19(3)4)17-50(42,43)14-23-27(39)28(40)31(48-23)36-10-9-21-26(34-20-7-5-6-8-20)22(13-33)29(32)35-30(21)36/h9-10,18-20,23,27-28,31,39-40H,5-8,11-12,14-17H2,1-4H3,(H,34,35)/t23-,27-,28-,31+/m1/s1. The number of nitriles is 1. The molecular weight excluding hydrogens is 719 g/mol. The second kappa shape index (κ2) is 17.1. The van der Waals surface area contributed by atoms with Gasteiger partial charge < -0.3 is 34.3 Å². The first-order valence-electron chi connectivity index (χ1n) is 16.3. The van der Waals surface area contributed by atoms with E-state index in [4.69, 9.17) is 34.9 Å². The van der Waals surface area contributed by atoms with E-state index in [1.54, 1.807) is 33.8 Å². The molecule has 16 nitrogen and oxygen atoms in total. The van der Waals surface area contributed by atoms with Crippen LogP contribution in [0.25, 0.3) is 11.0 Å². The Kier molecular flexibility index (Phi) is 13.7. The van der Waals surface area contributed by atoms with Crippen molar-refractivity contribution in [1.29, 1.82) is 5.26 Å². The summed E-state index contributed by atoms with van der Waals surface area (Å²) in [5.74, 6) is -2.39. The Morgan fingerprint density at radius 1 is 1.10 bits per heavy atom. The molecule has 19 heteroatoms. The molecule has 3 N–H and O–H groups in total. The van der Waals surface area contributed by atoms with Gasteiger partial charge in [-0.2, -0.15) is 5.26 Å². The fourth-order valence-electron chi connectivity index (χ4n) is 5.75. The molecule has 1 saturated carbocycles. The molecule has 0 spiro atoms. The van der Waals surface area contributed by atoms with Gasteiger partial charge in [-0.1, -0.05) is 52.1 Å². The van der Waals surface area contributed by atoms with E-state index in [0.29, 0.717) is 11.1 Å². The number of esters is 2. The number of anilines is 1. The molecule has 1 saturated heterocycles. The van der Waals surface area contributed by atoms with Crippen LogP contribution >= 0.6 is 19.2 Å². The van der Waals surface area contributed by atoms with E-state index in [2.05, 4.69) is 16.4 Å². The van der Waals surface area contributed by atoms with E-state index in [1.165, 1.54) is 10.8 Å². The third kappa shape index (κ3) is 10.4. The van der Waals surface area contributed by atoms with Gasteiger partial charge >= 0.3 is 19.5 Å². The summed E-state index contributed by atoms with van der Waals surface area (Å²) in [5.41, 5.74) is -0.410. The number of halogens is 1. The summed E-state index contributed by atoms with van der Waals surface area (Å²) >= 11 is 6.40. The molecule has 0 radical (unpaired) electrons. The van der Waals surface area contributed by atoms with Crippen LogP contribution in [0.4, 0.5) is 5.69 Å². The lowest BCUT2D eigenvalue weighted by molar-refractivity contribution is -0.153. The number of carbonyl (C=O) groups excluding carboxylic acids is 2. The Hall–Kier alpha value is -2.81. The molecule has 278 valence electrons. The van der Waals surface area contributed by atoms with E-state index < -0.39 is 78.7 Å². The lowest BCUT2D eigenvalue weighted by Gasteiger charge is -2.20. The number of hydrogen-bond donors (Lipinski definition) is 3. The smallest absolute Gasteiger partial charge is 0.351 e. The SMILES string of the molecule is CC(C)CC(=O)OCOP(=O)(CS(=O)(=O)C[C@H]1O[C@H](n2ccc3c(NC4CCCC4)c(C#N)c(Cl)nc32)[C@H](O)[C@@H]1O)OCOC(=O)CC(C)C. The van der Waals surface area contributed by atoms with Crippen molar-refractivity contribution in [2.24, 2.45) is 11.8 Å². The van der Waals surface area contributed by atoms with Crippen molar-refractivity contribution in [3.05, 3.63) is 23.0 Å². The first kappa shape index (κ1) is 40.0. The van der Waals surface area contributed by atoms with Gasteiger partial charge in [0.15, 0.2) is 26.7 Å². The van der Waals surface area contributed by atoms with Crippen molar-refractivity contribution in [2.45, 2.75) is 96.8 Å². The average molecular weight is 763 g/mol. The van der Waals surface area contributed by atoms with Gasteiger partial charge in [-0.25, -0.2) is 13.4 Å². The molecule has 0 aromatic carbocycles. The second-order valence-electron chi connectivity index (χ2n) is 13.3. The van der Waals surface area contributed by atoms with Crippen LogP contribution in [0.5, 0.6) is 0 Å². The van der Waals surface area contributed by atoms with Gasteiger partial charge in [-0.05, 0) is 30.7 Å². The van der Waals surface area contributed by atoms with Gasteiger partial charge in [0.2, 0.25) is 13.6 Å². The number of nitrogens with one attached hydrogen (secondary N) is 1. The number of pyridine rings is 1. The highest BCUT2D eigenvalue weighted by molar-refractivity contribution is 7.97. The van der Waals surface area contributed by atoms with Crippen LogP contribution < -0.4 is 5.32 Å². The largest absolute Gasteiger partial charge is 0.438 e. The molecule has 50 heavy (non-hydrogen) atoms. The highest BCUT2D eigenvalue weighted by atomic mass is 35.5. The van der Waals surface area contributed by atoms with Crippen molar-refractivity contribution in [2.75, 3.05) is 30.1 Å². The van der Waals surface area contributed by atoms with Crippen LogP contribution in [0.3, 0.4) is 0 Å². The minimum atomic E-state index is -4.65. The zero-order valence-corrected chi connectivity index (χ0v) is 30.8. The summed E-state index contributed by atoms with van der Waals surface area (Å²) in [7, 11) is -9.12.